The maximum Gasteiger partial charge on any atom is 0.275 e. The molecule has 7 nitrogen and oxygen atoms in total. The SMILES string of the molecule is NCc1ccc(Cn2cc(-c3nc4cc5[nH]cnc5cc4[nH]c3=O)c3ccccc32)cc1. The summed E-state index contributed by atoms with van der Waals surface area (Å²) in [5.74, 6) is 0. The number of para-hydroxylation sites is 1. The molecule has 4 N–H and O–H groups in total. The summed E-state index contributed by atoms with van der Waals surface area (Å²) in [5, 5.41) is 0.992. The Morgan fingerprint density at radius 1 is 0.938 bits per heavy atom. The Balaban J connectivity index is 1.51. The van der Waals surface area contributed by atoms with Gasteiger partial charge >= 0.3 is 0 Å². The lowest BCUT2D eigenvalue weighted by Crippen LogP contribution is -2.11. The summed E-state index contributed by atoms with van der Waals surface area (Å²) < 4.78 is 2.16. The van der Waals surface area contributed by atoms with Gasteiger partial charge in [0.2, 0.25) is 0 Å². The van der Waals surface area contributed by atoms with Crippen LogP contribution in [0, 0.1) is 0 Å². The van der Waals surface area contributed by atoms with Gasteiger partial charge in [0.15, 0.2) is 0 Å². The highest BCUT2D eigenvalue weighted by Crippen LogP contribution is 2.29. The summed E-state index contributed by atoms with van der Waals surface area (Å²) >= 11 is 0. The monoisotopic (exact) mass is 420 g/mol. The molecule has 3 heterocycles. The van der Waals surface area contributed by atoms with Crippen LogP contribution in [-0.4, -0.2) is 24.5 Å². The summed E-state index contributed by atoms with van der Waals surface area (Å²) in [5.41, 5.74) is 13.1. The molecule has 7 heteroatoms. The van der Waals surface area contributed by atoms with Gasteiger partial charge in [0.25, 0.3) is 5.56 Å². The predicted molar refractivity (Wildman–Crippen MR) is 126 cm³/mol. The number of nitrogens with two attached hydrogens (primary N) is 1. The van der Waals surface area contributed by atoms with Crippen molar-refractivity contribution in [2.45, 2.75) is 13.1 Å². The lowest BCUT2D eigenvalue weighted by molar-refractivity contribution is 0.836. The molecule has 0 unspecified atom stereocenters. The number of benzene rings is 3. The molecular formula is C25H20N6O. The number of rotatable bonds is 4. The van der Waals surface area contributed by atoms with E-state index in [1.165, 1.54) is 0 Å². The number of hydrogen-bond acceptors (Lipinski definition) is 4. The molecule has 0 fully saturated rings. The van der Waals surface area contributed by atoms with Gasteiger partial charge in [-0.25, -0.2) is 9.97 Å². The van der Waals surface area contributed by atoms with Crippen molar-refractivity contribution >= 4 is 33.0 Å². The van der Waals surface area contributed by atoms with Gasteiger partial charge in [-0.05, 0) is 29.3 Å². The van der Waals surface area contributed by atoms with Gasteiger partial charge in [-0.15, -0.1) is 0 Å². The van der Waals surface area contributed by atoms with Gasteiger partial charge in [0.1, 0.15) is 5.69 Å². The van der Waals surface area contributed by atoms with E-state index in [4.69, 9.17) is 10.7 Å². The topological polar surface area (TPSA) is 105 Å². The van der Waals surface area contributed by atoms with E-state index in [1.807, 2.05) is 48.7 Å². The van der Waals surface area contributed by atoms with E-state index in [2.05, 4.69) is 37.7 Å². The molecule has 0 spiro atoms. The number of hydrogen-bond donors (Lipinski definition) is 3. The molecular weight excluding hydrogens is 400 g/mol. The second-order valence-electron chi connectivity index (χ2n) is 7.91. The first-order chi connectivity index (χ1) is 15.7. The molecule has 0 bridgehead atoms. The zero-order valence-corrected chi connectivity index (χ0v) is 17.2. The van der Waals surface area contributed by atoms with E-state index >= 15 is 0 Å². The van der Waals surface area contributed by atoms with Gasteiger partial charge < -0.3 is 20.3 Å². The zero-order valence-electron chi connectivity index (χ0n) is 17.2. The standard InChI is InChI=1S/C25H20N6O/c26-11-15-5-7-16(8-6-15)12-31-13-18(17-3-1-2-4-23(17)31)24-25(32)30-22-10-20-19(27-14-28-20)9-21(22)29-24/h1-10,13-14H,11-12,26H2,(H,27,28)(H,30,32). The third-order valence-electron chi connectivity index (χ3n) is 5.89. The number of fused-ring (bicyclic) bond motifs is 3. The van der Waals surface area contributed by atoms with Crippen molar-refractivity contribution in [1.82, 2.24) is 24.5 Å². The Morgan fingerprint density at radius 3 is 2.56 bits per heavy atom. The summed E-state index contributed by atoms with van der Waals surface area (Å²) in [4.78, 5) is 28.1. The van der Waals surface area contributed by atoms with E-state index in [0.29, 0.717) is 29.8 Å². The molecule has 0 aliphatic heterocycles. The Labute approximate surface area is 182 Å². The van der Waals surface area contributed by atoms with E-state index in [9.17, 15) is 4.79 Å². The van der Waals surface area contributed by atoms with E-state index in [1.54, 1.807) is 6.33 Å². The molecule has 6 aromatic rings. The van der Waals surface area contributed by atoms with E-state index < -0.39 is 0 Å². The molecule has 3 aromatic carbocycles. The average Bonchev–Trinajstić information content (AvgIpc) is 3.42. The Morgan fingerprint density at radius 2 is 1.72 bits per heavy atom. The predicted octanol–water partition coefficient (Wildman–Crippen LogP) is 3.93. The van der Waals surface area contributed by atoms with Crippen molar-refractivity contribution in [1.29, 1.82) is 0 Å². The Hall–Kier alpha value is -4.23. The number of H-pyrrole nitrogens is 2. The number of nitrogens with one attached hydrogen (secondary N) is 2. The Kier molecular flexibility index (Phi) is 4.16. The number of nitrogens with zero attached hydrogens (tertiary/aromatic N) is 3. The first-order valence-corrected chi connectivity index (χ1v) is 10.4. The first kappa shape index (κ1) is 18.5. The molecule has 3 aromatic heterocycles. The summed E-state index contributed by atoms with van der Waals surface area (Å²) in [6.45, 7) is 1.21. The minimum Gasteiger partial charge on any atom is -0.345 e. The molecule has 0 aliphatic rings. The number of aromatic amines is 2. The van der Waals surface area contributed by atoms with E-state index in [0.717, 1.165) is 38.6 Å². The normalized spacial score (nSPS) is 11.7. The van der Waals surface area contributed by atoms with E-state index in [-0.39, 0.29) is 5.56 Å². The minimum atomic E-state index is -0.220. The second-order valence-corrected chi connectivity index (χ2v) is 7.91. The molecule has 6 rings (SSSR count). The summed E-state index contributed by atoms with van der Waals surface area (Å²) in [7, 11) is 0. The fourth-order valence-corrected chi connectivity index (χ4v) is 4.24. The van der Waals surface area contributed by atoms with Crippen molar-refractivity contribution in [3.8, 4) is 11.3 Å². The van der Waals surface area contributed by atoms with Gasteiger partial charge in [0, 0.05) is 35.8 Å². The maximum absolute atomic E-state index is 13.0. The van der Waals surface area contributed by atoms with Crippen LogP contribution in [0.15, 0.2) is 78.0 Å². The molecule has 0 radical (unpaired) electrons. The molecule has 0 saturated heterocycles. The van der Waals surface area contributed by atoms with Crippen molar-refractivity contribution in [3.05, 3.63) is 94.7 Å². The number of imidazole rings is 1. The molecule has 156 valence electrons. The van der Waals surface area contributed by atoms with Crippen LogP contribution in [0.2, 0.25) is 0 Å². The van der Waals surface area contributed by atoms with Crippen LogP contribution < -0.4 is 11.3 Å². The third kappa shape index (κ3) is 2.99. The van der Waals surface area contributed by atoms with Crippen LogP contribution in [0.3, 0.4) is 0 Å². The first-order valence-electron chi connectivity index (χ1n) is 10.4. The van der Waals surface area contributed by atoms with Gasteiger partial charge in [0.05, 0.1) is 28.4 Å². The Bertz CT molecular complexity index is 1660. The molecule has 0 aliphatic carbocycles. The van der Waals surface area contributed by atoms with Gasteiger partial charge in [-0.3, -0.25) is 4.79 Å². The summed E-state index contributed by atoms with van der Waals surface area (Å²) in [6, 6.07) is 20.1. The highest BCUT2D eigenvalue weighted by Gasteiger charge is 2.16. The zero-order chi connectivity index (χ0) is 21.7. The summed E-state index contributed by atoms with van der Waals surface area (Å²) in [6.07, 6.45) is 3.65. The van der Waals surface area contributed by atoms with Crippen molar-refractivity contribution in [3.63, 3.8) is 0 Å². The van der Waals surface area contributed by atoms with Gasteiger partial charge in [-0.1, -0.05) is 42.5 Å². The van der Waals surface area contributed by atoms with Crippen LogP contribution in [0.5, 0.6) is 0 Å². The largest absolute Gasteiger partial charge is 0.345 e. The van der Waals surface area contributed by atoms with Crippen molar-refractivity contribution < 1.29 is 0 Å². The lowest BCUT2D eigenvalue weighted by atomic mass is 10.1. The van der Waals surface area contributed by atoms with Crippen LogP contribution in [0.4, 0.5) is 0 Å². The fraction of sp³-hybridized carbons (Fsp3) is 0.0800. The molecule has 32 heavy (non-hydrogen) atoms. The third-order valence-corrected chi connectivity index (χ3v) is 5.89. The second kappa shape index (κ2) is 7.18. The maximum atomic E-state index is 13.0. The molecule has 0 saturated carbocycles. The van der Waals surface area contributed by atoms with Crippen LogP contribution in [0.1, 0.15) is 11.1 Å². The van der Waals surface area contributed by atoms with Crippen molar-refractivity contribution in [2.75, 3.05) is 0 Å². The fourth-order valence-electron chi connectivity index (χ4n) is 4.24. The molecule has 0 atom stereocenters. The average molecular weight is 420 g/mol. The van der Waals surface area contributed by atoms with Gasteiger partial charge in [-0.2, -0.15) is 0 Å². The van der Waals surface area contributed by atoms with Crippen molar-refractivity contribution in [2.24, 2.45) is 5.73 Å². The van der Waals surface area contributed by atoms with Crippen LogP contribution in [0.25, 0.3) is 44.2 Å². The quantitative estimate of drug-likeness (QED) is 0.402. The van der Waals surface area contributed by atoms with Crippen LogP contribution in [-0.2, 0) is 13.1 Å². The highest BCUT2D eigenvalue weighted by molar-refractivity contribution is 5.97. The lowest BCUT2D eigenvalue weighted by Gasteiger charge is -2.06. The van der Waals surface area contributed by atoms with Crippen LogP contribution >= 0.6 is 0 Å². The molecule has 0 amide bonds. The smallest absolute Gasteiger partial charge is 0.275 e. The highest BCUT2D eigenvalue weighted by atomic mass is 16.1. The number of aromatic nitrogens is 5. The minimum absolute atomic E-state index is 0.220.